The Morgan fingerprint density at radius 1 is 1.09 bits per heavy atom. The van der Waals surface area contributed by atoms with Crippen LogP contribution in [0.2, 0.25) is 0 Å². The van der Waals surface area contributed by atoms with E-state index in [4.69, 9.17) is 0 Å². The average molecular weight is 434 g/mol. The van der Waals surface area contributed by atoms with Gasteiger partial charge in [-0.05, 0) is 11.6 Å². The number of hydrogen-bond acceptors (Lipinski definition) is 7. The molecule has 2 aliphatic heterocycles. The van der Waals surface area contributed by atoms with Gasteiger partial charge in [-0.1, -0.05) is 30.3 Å². The maximum atomic E-state index is 13.4. The number of nitro groups is 2. The summed E-state index contributed by atoms with van der Waals surface area (Å²) in [5.41, 5.74) is 0.533. The molecule has 3 N–H and O–H groups in total. The van der Waals surface area contributed by atoms with Crippen LogP contribution in [-0.4, -0.2) is 37.8 Å². The number of anilines is 1. The number of imidazole rings is 1. The van der Waals surface area contributed by atoms with Gasteiger partial charge in [0, 0.05) is 46.6 Å². The number of fused-ring (bicyclic) bond motifs is 2. The van der Waals surface area contributed by atoms with E-state index >= 15 is 0 Å². The summed E-state index contributed by atoms with van der Waals surface area (Å²) in [5, 5.41) is 29.9. The lowest BCUT2D eigenvalue weighted by Gasteiger charge is -2.29. The lowest BCUT2D eigenvalue weighted by molar-refractivity contribution is -0.526. The molecule has 1 fully saturated rings. The van der Waals surface area contributed by atoms with Gasteiger partial charge < -0.3 is 10.3 Å². The zero-order chi connectivity index (χ0) is 22.5. The molecular formula is C21H18N6O5. The number of rotatable bonds is 5. The van der Waals surface area contributed by atoms with Gasteiger partial charge in [0.05, 0.1) is 23.2 Å². The van der Waals surface area contributed by atoms with Crippen molar-refractivity contribution in [1.29, 1.82) is 0 Å². The van der Waals surface area contributed by atoms with Crippen LogP contribution in [0.5, 0.6) is 0 Å². The minimum atomic E-state index is -1.45. The van der Waals surface area contributed by atoms with E-state index < -0.39 is 39.3 Å². The smallest absolute Gasteiger partial charge is 0.269 e. The van der Waals surface area contributed by atoms with Gasteiger partial charge in [0.1, 0.15) is 5.54 Å². The third kappa shape index (κ3) is 2.86. The second kappa shape index (κ2) is 7.24. The van der Waals surface area contributed by atoms with Crippen LogP contribution < -0.4 is 10.6 Å². The molecular weight excluding hydrogens is 416 g/mol. The van der Waals surface area contributed by atoms with Gasteiger partial charge in [-0.25, -0.2) is 4.98 Å². The van der Waals surface area contributed by atoms with Crippen molar-refractivity contribution in [3.8, 4) is 0 Å². The summed E-state index contributed by atoms with van der Waals surface area (Å²) < 4.78 is 0. The van der Waals surface area contributed by atoms with Crippen LogP contribution >= 0.6 is 0 Å². The highest BCUT2D eigenvalue weighted by Crippen LogP contribution is 2.52. The molecule has 1 amide bonds. The summed E-state index contributed by atoms with van der Waals surface area (Å²) in [4.78, 5) is 43.2. The van der Waals surface area contributed by atoms with Crippen LogP contribution in [0.25, 0.3) is 0 Å². The van der Waals surface area contributed by atoms with Gasteiger partial charge in [-0.2, -0.15) is 0 Å². The maximum Gasteiger partial charge on any atom is 0.269 e. The topological polar surface area (TPSA) is 156 Å². The number of nitro benzene ring substituents is 1. The molecule has 2 aromatic carbocycles. The Kier molecular flexibility index (Phi) is 4.48. The van der Waals surface area contributed by atoms with Crippen LogP contribution in [0, 0.1) is 20.2 Å². The molecule has 4 atom stereocenters. The fourth-order valence-corrected chi connectivity index (χ4v) is 5.04. The monoisotopic (exact) mass is 434 g/mol. The number of benzene rings is 2. The predicted molar refractivity (Wildman–Crippen MR) is 113 cm³/mol. The molecule has 3 heterocycles. The van der Waals surface area contributed by atoms with Gasteiger partial charge in [0.15, 0.2) is 0 Å². The summed E-state index contributed by atoms with van der Waals surface area (Å²) in [5.74, 6) is -1.40. The van der Waals surface area contributed by atoms with Crippen molar-refractivity contribution in [2.45, 2.75) is 30.0 Å². The number of aromatic amines is 1. The maximum absolute atomic E-state index is 13.4. The van der Waals surface area contributed by atoms with E-state index in [0.29, 0.717) is 22.5 Å². The number of hydrogen-bond donors (Lipinski definition) is 3. The van der Waals surface area contributed by atoms with Crippen LogP contribution in [0.15, 0.2) is 61.1 Å². The SMILES string of the molecule is O=C1Nc2ccccc2[C@@]12N[C@H](Cc1cnc[nH]1)[C@@H]([N+](=O)[O-])[C@@H]2c1cccc([N+](=O)[O-])c1. The fourth-order valence-electron chi connectivity index (χ4n) is 5.04. The van der Waals surface area contributed by atoms with E-state index in [9.17, 15) is 25.0 Å². The first-order chi connectivity index (χ1) is 15.4. The van der Waals surface area contributed by atoms with E-state index in [0.717, 1.165) is 0 Å². The number of para-hydroxylation sites is 1. The molecule has 0 radical (unpaired) electrons. The molecule has 5 rings (SSSR count). The van der Waals surface area contributed by atoms with Crippen molar-refractivity contribution in [1.82, 2.24) is 15.3 Å². The Hall–Kier alpha value is -4.12. The van der Waals surface area contributed by atoms with Crippen LogP contribution in [0.4, 0.5) is 11.4 Å². The Morgan fingerprint density at radius 3 is 2.62 bits per heavy atom. The normalized spacial score (nSPS) is 26.1. The number of nitrogens with one attached hydrogen (secondary N) is 3. The average Bonchev–Trinajstić information content (AvgIpc) is 3.47. The van der Waals surface area contributed by atoms with E-state index in [1.54, 1.807) is 36.5 Å². The number of carbonyl (C=O) groups is 1. The molecule has 162 valence electrons. The zero-order valence-electron chi connectivity index (χ0n) is 16.6. The van der Waals surface area contributed by atoms with Crippen molar-refractivity contribution in [3.63, 3.8) is 0 Å². The molecule has 0 saturated carbocycles. The number of non-ortho nitro benzene ring substituents is 1. The van der Waals surface area contributed by atoms with E-state index in [1.165, 1.54) is 24.5 Å². The van der Waals surface area contributed by atoms with E-state index in [2.05, 4.69) is 20.6 Å². The summed E-state index contributed by atoms with van der Waals surface area (Å²) >= 11 is 0. The number of H-pyrrole nitrogens is 1. The summed E-state index contributed by atoms with van der Waals surface area (Å²) in [7, 11) is 0. The summed E-state index contributed by atoms with van der Waals surface area (Å²) in [6.07, 6.45) is 3.29. The largest absolute Gasteiger partial charge is 0.348 e. The van der Waals surface area contributed by atoms with Crippen LogP contribution in [0.1, 0.15) is 22.7 Å². The van der Waals surface area contributed by atoms with Crippen molar-refractivity contribution in [2.75, 3.05) is 5.32 Å². The molecule has 0 bridgehead atoms. The third-order valence-corrected chi connectivity index (χ3v) is 6.27. The first kappa shape index (κ1) is 19.8. The molecule has 11 nitrogen and oxygen atoms in total. The molecule has 32 heavy (non-hydrogen) atoms. The van der Waals surface area contributed by atoms with Gasteiger partial charge in [0.2, 0.25) is 11.9 Å². The molecule has 0 unspecified atom stereocenters. The lowest BCUT2D eigenvalue weighted by Crippen LogP contribution is -2.49. The van der Waals surface area contributed by atoms with Crippen molar-refractivity contribution in [2.24, 2.45) is 0 Å². The van der Waals surface area contributed by atoms with Crippen LogP contribution in [-0.2, 0) is 16.8 Å². The number of nitrogens with zero attached hydrogens (tertiary/aromatic N) is 3. The van der Waals surface area contributed by atoms with Crippen molar-refractivity contribution < 1.29 is 14.6 Å². The van der Waals surface area contributed by atoms with Crippen molar-refractivity contribution >= 4 is 17.3 Å². The first-order valence-corrected chi connectivity index (χ1v) is 9.95. The Bertz CT molecular complexity index is 1230. The highest BCUT2D eigenvalue weighted by molar-refractivity contribution is 6.07. The molecule has 0 aliphatic carbocycles. The second-order valence-corrected chi connectivity index (χ2v) is 7.95. The van der Waals surface area contributed by atoms with Gasteiger partial charge in [-0.15, -0.1) is 0 Å². The highest BCUT2D eigenvalue weighted by atomic mass is 16.6. The Morgan fingerprint density at radius 2 is 1.91 bits per heavy atom. The predicted octanol–water partition coefficient (Wildman–Crippen LogP) is 2.11. The first-order valence-electron chi connectivity index (χ1n) is 9.95. The van der Waals surface area contributed by atoms with E-state index in [-0.39, 0.29) is 12.1 Å². The molecule has 1 aromatic heterocycles. The third-order valence-electron chi connectivity index (χ3n) is 6.27. The summed E-state index contributed by atoms with van der Waals surface area (Å²) in [6, 6.07) is 10.8. The van der Waals surface area contributed by atoms with Crippen molar-refractivity contribution in [3.05, 3.63) is 98.1 Å². The number of aromatic nitrogens is 2. The molecule has 11 heteroatoms. The number of amides is 1. The Balaban J connectivity index is 1.72. The minimum absolute atomic E-state index is 0.191. The molecule has 1 spiro atoms. The zero-order valence-corrected chi connectivity index (χ0v) is 16.6. The highest BCUT2D eigenvalue weighted by Gasteiger charge is 2.66. The van der Waals surface area contributed by atoms with Gasteiger partial charge in [0.25, 0.3) is 5.69 Å². The number of carbonyl (C=O) groups excluding carboxylic acids is 1. The van der Waals surface area contributed by atoms with Crippen LogP contribution in [0.3, 0.4) is 0 Å². The molecule has 3 aromatic rings. The van der Waals surface area contributed by atoms with E-state index in [1.807, 2.05) is 0 Å². The second-order valence-electron chi connectivity index (χ2n) is 7.95. The molecule has 1 saturated heterocycles. The van der Waals surface area contributed by atoms with Gasteiger partial charge >= 0.3 is 0 Å². The quantitative estimate of drug-likeness (QED) is 0.410. The fraction of sp³-hybridized carbons (Fsp3) is 0.238. The Labute approximate surface area is 181 Å². The van der Waals surface area contributed by atoms with Gasteiger partial charge in [-0.3, -0.25) is 30.3 Å². The lowest BCUT2D eigenvalue weighted by atomic mass is 9.74. The molecule has 2 aliphatic rings. The standard InChI is InChI=1S/C21H18N6O5/c28-20-21(15-6-1-2-7-16(15)24-20)18(12-4-3-5-14(8-12)26(29)30)19(27(31)32)17(25-21)9-13-10-22-11-23-13/h1-8,10-11,17-19,25H,9H2,(H,22,23)(H,24,28)/t17-,18+,19-,21+/m1/s1. The summed E-state index contributed by atoms with van der Waals surface area (Å²) in [6.45, 7) is 0. The minimum Gasteiger partial charge on any atom is -0.348 e.